The van der Waals surface area contributed by atoms with Crippen LogP contribution in [0.1, 0.15) is 30.0 Å². The van der Waals surface area contributed by atoms with Crippen molar-refractivity contribution >= 4 is 11.0 Å². The summed E-state index contributed by atoms with van der Waals surface area (Å²) in [6, 6.07) is 15.8. The number of hydrogen-bond donors (Lipinski definition) is 0. The summed E-state index contributed by atoms with van der Waals surface area (Å²) in [6.07, 6.45) is 9.90. The van der Waals surface area contributed by atoms with E-state index in [-0.39, 0.29) is 0 Å². The Morgan fingerprint density at radius 1 is 0.964 bits per heavy atom. The van der Waals surface area contributed by atoms with E-state index >= 15 is 0 Å². The molecular weight excluding hydrogens is 346 g/mol. The molecule has 0 amide bonds. The Hall–Kier alpha value is -3.05. The highest BCUT2D eigenvalue weighted by molar-refractivity contribution is 5.74. The Balaban J connectivity index is 1.35. The molecule has 5 nitrogen and oxygen atoms in total. The Kier molecular flexibility index (Phi) is 4.37. The monoisotopic (exact) mass is 369 g/mol. The second-order valence-corrected chi connectivity index (χ2v) is 7.53. The maximum absolute atomic E-state index is 4.47. The number of nitrogens with zero attached hydrogens (tertiary/aromatic N) is 5. The van der Waals surface area contributed by atoms with Gasteiger partial charge in [0.1, 0.15) is 0 Å². The van der Waals surface area contributed by atoms with Crippen molar-refractivity contribution < 1.29 is 0 Å². The summed E-state index contributed by atoms with van der Waals surface area (Å²) in [6.45, 7) is 2.10. The highest BCUT2D eigenvalue weighted by atomic mass is 15.2. The molecule has 5 heteroatoms. The first kappa shape index (κ1) is 17.1. The van der Waals surface area contributed by atoms with E-state index in [0.717, 1.165) is 29.7 Å². The quantitative estimate of drug-likeness (QED) is 0.536. The van der Waals surface area contributed by atoms with E-state index in [1.807, 2.05) is 24.1 Å². The number of hydrogen-bond acceptors (Lipinski definition) is 4. The predicted octanol–water partition coefficient (Wildman–Crippen LogP) is 4.37. The van der Waals surface area contributed by atoms with Crippen molar-refractivity contribution in [2.24, 2.45) is 7.05 Å². The van der Waals surface area contributed by atoms with Gasteiger partial charge in [0.05, 0.1) is 17.2 Å². The number of benzene rings is 2. The van der Waals surface area contributed by atoms with E-state index < -0.39 is 0 Å². The highest BCUT2D eigenvalue weighted by Crippen LogP contribution is 2.34. The lowest BCUT2D eigenvalue weighted by Gasteiger charge is -2.25. The summed E-state index contributed by atoms with van der Waals surface area (Å²) in [4.78, 5) is 11.4. The first-order valence-corrected chi connectivity index (χ1v) is 9.79. The average molecular weight is 369 g/mol. The van der Waals surface area contributed by atoms with Crippen molar-refractivity contribution in [2.75, 3.05) is 6.54 Å². The van der Waals surface area contributed by atoms with Gasteiger partial charge in [-0.3, -0.25) is 19.5 Å². The number of fused-ring (bicyclic) bond motifs is 1. The van der Waals surface area contributed by atoms with Gasteiger partial charge in [-0.1, -0.05) is 30.3 Å². The maximum Gasteiger partial charge on any atom is 0.0890 e. The average Bonchev–Trinajstić information content (AvgIpc) is 3.37. The van der Waals surface area contributed by atoms with Crippen LogP contribution in [0.5, 0.6) is 0 Å². The summed E-state index contributed by atoms with van der Waals surface area (Å²) in [5, 5.41) is 4.26. The van der Waals surface area contributed by atoms with Gasteiger partial charge in [-0.2, -0.15) is 5.10 Å². The van der Waals surface area contributed by atoms with Gasteiger partial charge in [-0.25, -0.2) is 0 Å². The van der Waals surface area contributed by atoms with E-state index in [2.05, 4.69) is 62.4 Å². The molecule has 0 spiro atoms. The minimum Gasteiger partial charge on any atom is -0.292 e. The molecule has 4 aromatic rings. The smallest absolute Gasteiger partial charge is 0.0890 e. The third-order valence-electron chi connectivity index (χ3n) is 5.62. The SMILES string of the molecule is Cn1cc(-c2ccc(CN3CCCC3c3ccc4nccnc4c3)cc2)cn1. The van der Waals surface area contributed by atoms with Crippen LogP contribution in [0.25, 0.3) is 22.2 Å². The Morgan fingerprint density at radius 2 is 1.79 bits per heavy atom. The highest BCUT2D eigenvalue weighted by Gasteiger charge is 2.26. The zero-order chi connectivity index (χ0) is 18.9. The number of aryl methyl sites for hydroxylation is 1. The van der Waals surface area contributed by atoms with Crippen molar-refractivity contribution in [3.8, 4) is 11.1 Å². The van der Waals surface area contributed by atoms with Crippen LogP contribution in [-0.2, 0) is 13.6 Å². The van der Waals surface area contributed by atoms with Crippen LogP contribution in [0.3, 0.4) is 0 Å². The van der Waals surface area contributed by atoms with Gasteiger partial charge in [-0.05, 0) is 48.2 Å². The lowest BCUT2D eigenvalue weighted by Crippen LogP contribution is -2.22. The van der Waals surface area contributed by atoms with Gasteiger partial charge in [-0.15, -0.1) is 0 Å². The second kappa shape index (κ2) is 7.17. The van der Waals surface area contributed by atoms with Crippen molar-refractivity contribution in [1.82, 2.24) is 24.6 Å². The van der Waals surface area contributed by atoms with Gasteiger partial charge in [0, 0.05) is 43.8 Å². The fourth-order valence-electron chi connectivity index (χ4n) is 4.19. The molecule has 28 heavy (non-hydrogen) atoms. The fraction of sp³-hybridized carbons (Fsp3) is 0.261. The molecular formula is C23H23N5. The van der Waals surface area contributed by atoms with Gasteiger partial charge >= 0.3 is 0 Å². The Labute approximate surface area is 164 Å². The molecule has 2 aromatic heterocycles. The van der Waals surface area contributed by atoms with E-state index in [1.54, 1.807) is 12.4 Å². The number of aromatic nitrogens is 4. The van der Waals surface area contributed by atoms with Gasteiger partial charge in [0.2, 0.25) is 0 Å². The van der Waals surface area contributed by atoms with Crippen molar-refractivity contribution in [3.63, 3.8) is 0 Å². The van der Waals surface area contributed by atoms with Crippen molar-refractivity contribution in [3.05, 3.63) is 78.4 Å². The molecule has 3 heterocycles. The summed E-state index contributed by atoms with van der Waals surface area (Å²) in [5.41, 5.74) is 7.00. The summed E-state index contributed by atoms with van der Waals surface area (Å²) >= 11 is 0. The standard InChI is InChI=1S/C23H23N5/c1-27-16-20(14-26-27)18-6-4-17(5-7-18)15-28-12-2-3-23(28)19-8-9-21-22(13-19)25-11-10-24-21/h4-11,13-14,16,23H,2-3,12,15H2,1H3. The van der Waals surface area contributed by atoms with Crippen LogP contribution < -0.4 is 0 Å². The minimum absolute atomic E-state index is 0.449. The molecule has 1 fully saturated rings. The maximum atomic E-state index is 4.47. The molecule has 0 bridgehead atoms. The van der Waals surface area contributed by atoms with Crippen molar-refractivity contribution in [2.45, 2.75) is 25.4 Å². The molecule has 1 aliphatic rings. The van der Waals surface area contributed by atoms with Crippen LogP contribution in [0.15, 0.2) is 67.3 Å². The van der Waals surface area contributed by atoms with E-state index in [4.69, 9.17) is 0 Å². The first-order chi connectivity index (χ1) is 13.8. The Morgan fingerprint density at radius 3 is 2.57 bits per heavy atom. The molecule has 1 saturated heterocycles. The third kappa shape index (κ3) is 3.29. The topological polar surface area (TPSA) is 46.8 Å². The van der Waals surface area contributed by atoms with E-state index in [0.29, 0.717) is 6.04 Å². The van der Waals surface area contributed by atoms with Crippen LogP contribution >= 0.6 is 0 Å². The molecule has 0 radical (unpaired) electrons. The van der Waals surface area contributed by atoms with Crippen LogP contribution in [0, 0.1) is 0 Å². The molecule has 140 valence electrons. The fourth-order valence-corrected chi connectivity index (χ4v) is 4.19. The summed E-state index contributed by atoms with van der Waals surface area (Å²) < 4.78 is 1.84. The zero-order valence-corrected chi connectivity index (χ0v) is 16.0. The van der Waals surface area contributed by atoms with Gasteiger partial charge in [0.15, 0.2) is 0 Å². The van der Waals surface area contributed by atoms with E-state index in [9.17, 15) is 0 Å². The van der Waals surface area contributed by atoms with Crippen LogP contribution in [0.4, 0.5) is 0 Å². The van der Waals surface area contributed by atoms with Gasteiger partial charge < -0.3 is 0 Å². The third-order valence-corrected chi connectivity index (χ3v) is 5.62. The largest absolute Gasteiger partial charge is 0.292 e. The molecule has 0 saturated carbocycles. The molecule has 1 aliphatic heterocycles. The second-order valence-electron chi connectivity index (χ2n) is 7.53. The van der Waals surface area contributed by atoms with Crippen molar-refractivity contribution in [1.29, 1.82) is 0 Å². The molecule has 0 aliphatic carbocycles. The molecule has 2 aromatic carbocycles. The Bertz CT molecular complexity index is 1100. The molecule has 1 atom stereocenters. The predicted molar refractivity (Wildman–Crippen MR) is 111 cm³/mol. The van der Waals surface area contributed by atoms with Crippen LogP contribution in [0.2, 0.25) is 0 Å². The lowest BCUT2D eigenvalue weighted by molar-refractivity contribution is 0.248. The normalized spacial score (nSPS) is 17.4. The van der Waals surface area contributed by atoms with Gasteiger partial charge in [0.25, 0.3) is 0 Å². The summed E-state index contributed by atoms with van der Waals surface area (Å²) in [7, 11) is 1.95. The first-order valence-electron chi connectivity index (χ1n) is 9.79. The summed E-state index contributed by atoms with van der Waals surface area (Å²) in [5.74, 6) is 0. The minimum atomic E-state index is 0.449. The number of rotatable bonds is 4. The lowest BCUT2D eigenvalue weighted by atomic mass is 10.0. The number of likely N-dealkylation sites (tertiary alicyclic amines) is 1. The van der Waals surface area contributed by atoms with Crippen LogP contribution in [-0.4, -0.2) is 31.2 Å². The molecule has 0 N–H and O–H groups in total. The molecule has 5 rings (SSSR count). The van der Waals surface area contributed by atoms with E-state index in [1.165, 1.54) is 29.5 Å². The zero-order valence-electron chi connectivity index (χ0n) is 16.0. The molecule has 1 unspecified atom stereocenters.